The minimum Gasteiger partial charge on any atom is -0.271 e. The number of hydrogen-bond acceptors (Lipinski definition) is 5. The number of rotatable bonds is 7. The number of benzene rings is 1. The molecule has 2 aromatic rings. The van der Waals surface area contributed by atoms with Crippen LogP contribution in [0.15, 0.2) is 45.1 Å². The zero-order valence-electron chi connectivity index (χ0n) is 15.7. The predicted octanol–water partition coefficient (Wildman–Crippen LogP) is 2.97. The smallest absolute Gasteiger partial charge is 0.271 e. The van der Waals surface area contributed by atoms with Gasteiger partial charge in [-0.1, -0.05) is 31.5 Å². The molecule has 0 unspecified atom stereocenters. The molecule has 0 fully saturated rings. The highest BCUT2D eigenvalue weighted by molar-refractivity contribution is 9.11. The molecule has 0 aliphatic rings. The van der Waals surface area contributed by atoms with Crippen LogP contribution in [0.5, 0.6) is 0 Å². The Balaban J connectivity index is 2.08. The number of hydrazine groups is 1. The first-order valence-corrected chi connectivity index (χ1v) is 11.6. The molecule has 0 aliphatic carbocycles. The Labute approximate surface area is 177 Å². The Bertz CT molecular complexity index is 940. The van der Waals surface area contributed by atoms with E-state index in [4.69, 9.17) is 0 Å². The Morgan fingerprint density at radius 2 is 1.71 bits per heavy atom. The van der Waals surface area contributed by atoms with Crippen LogP contribution < -0.4 is 15.6 Å². The lowest BCUT2D eigenvalue weighted by molar-refractivity contribution is -0.123. The molecule has 28 heavy (non-hydrogen) atoms. The van der Waals surface area contributed by atoms with Gasteiger partial charge in [-0.15, -0.1) is 11.3 Å². The second-order valence-corrected chi connectivity index (χ2v) is 10.8. The molecule has 0 radical (unpaired) electrons. The average Bonchev–Trinajstić information content (AvgIpc) is 3.05. The van der Waals surface area contributed by atoms with Crippen molar-refractivity contribution in [2.45, 2.75) is 38.1 Å². The molecule has 1 aromatic carbocycles. The Morgan fingerprint density at radius 3 is 2.25 bits per heavy atom. The number of thiophene rings is 1. The van der Waals surface area contributed by atoms with Crippen LogP contribution in [0.2, 0.25) is 0 Å². The summed E-state index contributed by atoms with van der Waals surface area (Å²) in [5.41, 5.74) is 5.55. The van der Waals surface area contributed by atoms with E-state index in [0.29, 0.717) is 4.88 Å². The van der Waals surface area contributed by atoms with Crippen molar-refractivity contribution >= 4 is 49.1 Å². The Morgan fingerprint density at radius 1 is 1.07 bits per heavy atom. The van der Waals surface area contributed by atoms with Crippen LogP contribution in [0.3, 0.4) is 0 Å². The normalized spacial score (nSPS) is 12.6. The summed E-state index contributed by atoms with van der Waals surface area (Å²) < 4.78 is 28.5. The van der Waals surface area contributed by atoms with Crippen molar-refractivity contribution in [1.82, 2.24) is 15.6 Å². The first-order chi connectivity index (χ1) is 13.1. The number of carbonyl (C=O) groups is 2. The number of sulfonamides is 1. The fourth-order valence-corrected chi connectivity index (χ4v) is 4.85. The van der Waals surface area contributed by atoms with Gasteiger partial charge in [0.1, 0.15) is 6.04 Å². The minimum absolute atomic E-state index is 0.0559. The van der Waals surface area contributed by atoms with Crippen LogP contribution in [0, 0.1) is 12.8 Å². The first-order valence-electron chi connectivity index (χ1n) is 8.53. The predicted molar refractivity (Wildman–Crippen MR) is 112 cm³/mol. The molecule has 1 aromatic heterocycles. The van der Waals surface area contributed by atoms with Gasteiger partial charge in [-0.2, -0.15) is 4.72 Å². The van der Waals surface area contributed by atoms with Gasteiger partial charge in [-0.3, -0.25) is 20.4 Å². The largest absolute Gasteiger partial charge is 0.279 e. The van der Waals surface area contributed by atoms with E-state index in [1.807, 2.05) is 20.8 Å². The van der Waals surface area contributed by atoms with Gasteiger partial charge in [0.05, 0.1) is 13.6 Å². The van der Waals surface area contributed by atoms with Crippen LogP contribution in [-0.4, -0.2) is 26.3 Å². The monoisotopic (exact) mass is 487 g/mol. The van der Waals surface area contributed by atoms with Gasteiger partial charge in [0, 0.05) is 0 Å². The molecule has 0 saturated carbocycles. The number of aryl methyl sites for hydroxylation is 1. The Hall–Kier alpha value is -1.75. The molecular weight excluding hydrogens is 466 g/mol. The molecule has 1 heterocycles. The van der Waals surface area contributed by atoms with Crippen molar-refractivity contribution in [3.8, 4) is 0 Å². The lowest BCUT2D eigenvalue weighted by atomic mass is 10.0. The maximum absolute atomic E-state index is 12.6. The lowest BCUT2D eigenvalue weighted by Crippen LogP contribution is -2.52. The highest BCUT2D eigenvalue weighted by Crippen LogP contribution is 2.21. The van der Waals surface area contributed by atoms with E-state index in [0.717, 1.165) is 9.35 Å². The summed E-state index contributed by atoms with van der Waals surface area (Å²) in [5, 5.41) is 0. The summed E-state index contributed by atoms with van der Waals surface area (Å²) in [5.74, 6) is -1.05. The average molecular weight is 488 g/mol. The molecule has 7 nitrogen and oxygen atoms in total. The SMILES string of the molecule is Cc1ccc(S(=O)(=O)N[C@@H](CC(C)C)C(=O)NNC(=O)c2ccc(Br)s2)cc1. The van der Waals surface area contributed by atoms with Crippen LogP contribution in [-0.2, 0) is 14.8 Å². The van der Waals surface area contributed by atoms with Crippen LogP contribution in [0.4, 0.5) is 0 Å². The van der Waals surface area contributed by atoms with Crippen molar-refractivity contribution < 1.29 is 18.0 Å². The van der Waals surface area contributed by atoms with E-state index >= 15 is 0 Å². The van der Waals surface area contributed by atoms with Gasteiger partial charge < -0.3 is 0 Å². The molecule has 3 N–H and O–H groups in total. The van der Waals surface area contributed by atoms with Crippen LogP contribution in [0.1, 0.15) is 35.5 Å². The van der Waals surface area contributed by atoms with E-state index < -0.39 is 27.9 Å². The third-order valence-corrected chi connectivity index (χ3v) is 6.86. The summed E-state index contributed by atoms with van der Waals surface area (Å²) in [7, 11) is -3.88. The van der Waals surface area contributed by atoms with Gasteiger partial charge in [0.25, 0.3) is 11.8 Å². The van der Waals surface area contributed by atoms with E-state index in [1.165, 1.54) is 23.5 Å². The standard InChI is InChI=1S/C18H22BrN3O4S2/c1-11(2)10-14(22-28(25,26)13-6-4-12(3)5-7-13)17(23)20-21-18(24)15-8-9-16(19)27-15/h4-9,11,14,22H,10H2,1-3H3,(H,20,23)(H,21,24)/t14-/m0/s1. The summed E-state index contributed by atoms with van der Waals surface area (Å²) in [6.07, 6.45) is 0.275. The number of halogens is 1. The molecule has 0 aliphatic heterocycles. The second-order valence-electron chi connectivity index (χ2n) is 6.66. The van der Waals surface area contributed by atoms with Crippen LogP contribution in [0.25, 0.3) is 0 Å². The first kappa shape index (κ1) is 22.5. The van der Waals surface area contributed by atoms with Gasteiger partial charge in [-0.25, -0.2) is 8.42 Å². The number of nitrogens with one attached hydrogen (secondary N) is 3. The van der Waals surface area contributed by atoms with Crippen molar-refractivity contribution in [2.24, 2.45) is 5.92 Å². The zero-order valence-corrected chi connectivity index (χ0v) is 18.9. The van der Waals surface area contributed by atoms with Crippen LogP contribution >= 0.6 is 27.3 Å². The molecule has 1 atom stereocenters. The maximum atomic E-state index is 12.6. The Kier molecular flexibility index (Phi) is 7.76. The summed E-state index contributed by atoms with van der Waals surface area (Å²) in [4.78, 5) is 25.1. The van der Waals surface area contributed by atoms with Crippen molar-refractivity contribution in [1.29, 1.82) is 0 Å². The number of carbonyl (C=O) groups excluding carboxylic acids is 2. The maximum Gasteiger partial charge on any atom is 0.279 e. The van der Waals surface area contributed by atoms with Crippen molar-refractivity contribution in [2.75, 3.05) is 0 Å². The second kappa shape index (κ2) is 9.64. The molecule has 2 rings (SSSR count). The number of hydrogen-bond donors (Lipinski definition) is 3. The van der Waals surface area contributed by atoms with E-state index in [2.05, 4.69) is 31.5 Å². The van der Waals surface area contributed by atoms with Gasteiger partial charge >= 0.3 is 0 Å². The topological polar surface area (TPSA) is 104 Å². The number of amides is 2. The molecule has 0 saturated heterocycles. The highest BCUT2D eigenvalue weighted by Gasteiger charge is 2.27. The summed E-state index contributed by atoms with van der Waals surface area (Å²) in [6.45, 7) is 5.61. The van der Waals surface area contributed by atoms with E-state index in [-0.39, 0.29) is 17.2 Å². The molecule has 2 amide bonds. The fourth-order valence-electron chi connectivity index (χ4n) is 2.36. The van der Waals surface area contributed by atoms with E-state index in [1.54, 1.807) is 24.3 Å². The summed E-state index contributed by atoms with van der Waals surface area (Å²) >= 11 is 4.48. The molecule has 0 bridgehead atoms. The molecule has 0 spiro atoms. The van der Waals surface area contributed by atoms with Crippen molar-refractivity contribution in [3.05, 3.63) is 50.6 Å². The quantitative estimate of drug-likeness (QED) is 0.522. The lowest BCUT2D eigenvalue weighted by Gasteiger charge is -2.20. The minimum atomic E-state index is -3.88. The highest BCUT2D eigenvalue weighted by atomic mass is 79.9. The molecule has 152 valence electrons. The molecule has 10 heteroatoms. The fraction of sp³-hybridized carbons (Fsp3) is 0.333. The van der Waals surface area contributed by atoms with Gasteiger partial charge in [0.2, 0.25) is 10.0 Å². The third kappa shape index (κ3) is 6.40. The molecular formula is C18H22BrN3O4S2. The third-order valence-electron chi connectivity index (χ3n) is 3.75. The van der Waals surface area contributed by atoms with E-state index in [9.17, 15) is 18.0 Å². The van der Waals surface area contributed by atoms with Gasteiger partial charge in [-0.05, 0) is 59.5 Å². The zero-order chi connectivity index (χ0) is 20.9. The van der Waals surface area contributed by atoms with Crippen molar-refractivity contribution in [3.63, 3.8) is 0 Å². The summed E-state index contributed by atoms with van der Waals surface area (Å²) in [6, 6.07) is 8.65. The van der Waals surface area contributed by atoms with Gasteiger partial charge in [0.15, 0.2) is 0 Å².